The van der Waals surface area contributed by atoms with Gasteiger partial charge in [0.25, 0.3) is 0 Å². The Labute approximate surface area is 111 Å². The van der Waals surface area contributed by atoms with E-state index >= 15 is 0 Å². The van der Waals surface area contributed by atoms with Crippen LogP contribution >= 0.6 is 0 Å². The van der Waals surface area contributed by atoms with Gasteiger partial charge in [0.2, 0.25) is 5.96 Å². The lowest BCUT2D eigenvalue weighted by atomic mass is 9.94. The SMILES string of the molecule is CCCCN=C(NN)NCCC1CCN(C)CC1. The smallest absolute Gasteiger partial charge is 0.205 e. The topological polar surface area (TPSA) is 65.7 Å². The third-order valence-electron chi connectivity index (χ3n) is 3.60. The maximum absolute atomic E-state index is 5.44. The summed E-state index contributed by atoms with van der Waals surface area (Å²) in [5, 5.41) is 3.29. The van der Waals surface area contributed by atoms with E-state index in [4.69, 9.17) is 5.84 Å². The zero-order chi connectivity index (χ0) is 13.2. The predicted molar refractivity (Wildman–Crippen MR) is 77.4 cm³/mol. The Kier molecular flexibility index (Phi) is 7.76. The molecule has 5 heteroatoms. The van der Waals surface area contributed by atoms with Crippen molar-refractivity contribution in [3.8, 4) is 0 Å². The molecule has 0 aliphatic carbocycles. The molecule has 1 saturated heterocycles. The molecule has 5 nitrogen and oxygen atoms in total. The fraction of sp³-hybridized carbons (Fsp3) is 0.923. The van der Waals surface area contributed by atoms with Gasteiger partial charge in [-0.1, -0.05) is 13.3 Å². The first-order valence-corrected chi connectivity index (χ1v) is 7.19. The summed E-state index contributed by atoms with van der Waals surface area (Å²) in [5.41, 5.74) is 2.64. The number of nitrogens with one attached hydrogen (secondary N) is 2. The largest absolute Gasteiger partial charge is 0.355 e. The van der Waals surface area contributed by atoms with Crippen molar-refractivity contribution in [2.45, 2.75) is 39.0 Å². The highest BCUT2D eigenvalue weighted by Gasteiger charge is 2.15. The fourth-order valence-electron chi connectivity index (χ4n) is 2.25. The minimum absolute atomic E-state index is 0.733. The molecule has 1 aliphatic rings. The highest BCUT2D eigenvalue weighted by atomic mass is 15.3. The molecular weight excluding hydrogens is 226 g/mol. The zero-order valence-corrected chi connectivity index (χ0v) is 11.9. The highest BCUT2D eigenvalue weighted by molar-refractivity contribution is 5.79. The maximum Gasteiger partial charge on any atom is 0.205 e. The highest BCUT2D eigenvalue weighted by Crippen LogP contribution is 2.18. The standard InChI is InChI=1S/C13H29N5/c1-3-4-8-15-13(17-14)16-9-5-12-6-10-18(2)11-7-12/h12H,3-11,14H2,1-2H3,(H2,15,16,17). The van der Waals surface area contributed by atoms with Crippen LogP contribution in [0.5, 0.6) is 0 Å². The minimum atomic E-state index is 0.733. The molecule has 0 aromatic heterocycles. The maximum atomic E-state index is 5.44. The summed E-state index contributed by atoms with van der Waals surface area (Å²) in [7, 11) is 2.20. The molecular formula is C13H29N5. The summed E-state index contributed by atoms with van der Waals surface area (Å²) < 4.78 is 0. The first-order chi connectivity index (χ1) is 8.76. The van der Waals surface area contributed by atoms with Crippen LogP contribution in [0.1, 0.15) is 39.0 Å². The van der Waals surface area contributed by atoms with Crippen molar-refractivity contribution < 1.29 is 0 Å². The molecule has 0 aromatic rings. The summed E-state index contributed by atoms with van der Waals surface area (Å²) in [6, 6.07) is 0. The number of unbranched alkanes of at least 4 members (excludes halogenated alkanes) is 1. The molecule has 18 heavy (non-hydrogen) atoms. The molecule has 1 rings (SSSR count). The van der Waals surface area contributed by atoms with Gasteiger partial charge in [0, 0.05) is 13.1 Å². The summed E-state index contributed by atoms with van der Waals surface area (Å²) in [6.45, 7) is 6.44. The van der Waals surface area contributed by atoms with E-state index in [1.165, 1.54) is 32.4 Å². The van der Waals surface area contributed by atoms with Crippen molar-refractivity contribution in [2.24, 2.45) is 16.8 Å². The Hall–Kier alpha value is -0.810. The van der Waals surface area contributed by atoms with Crippen molar-refractivity contribution in [1.29, 1.82) is 0 Å². The Balaban J connectivity index is 2.13. The van der Waals surface area contributed by atoms with Crippen LogP contribution in [0.2, 0.25) is 0 Å². The second-order valence-corrected chi connectivity index (χ2v) is 5.19. The van der Waals surface area contributed by atoms with Crippen molar-refractivity contribution in [3.05, 3.63) is 0 Å². The molecule has 1 fully saturated rings. The average Bonchev–Trinajstić information content (AvgIpc) is 2.39. The van der Waals surface area contributed by atoms with Gasteiger partial charge in [-0.3, -0.25) is 10.4 Å². The number of piperidine rings is 1. The normalized spacial score (nSPS) is 18.9. The third-order valence-corrected chi connectivity index (χ3v) is 3.60. The van der Waals surface area contributed by atoms with Gasteiger partial charge in [0.05, 0.1) is 0 Å². The van der Waals surface area contributed by atoms with Crippen molar-refractivity contribution in [2.75, 3.05) is 33.2 Å². The number of likely N-dealkylation sites (tertiary alicyclic amines) is 1. The lowest BCUT2D eigenvalue weighted by Gasteiger charge is -2.29. The molecule has 0 saturated carbocycles. The molecule has 0 amide bonds. The van der Waals surface area contributed by atoms with E-state index in [1.54, 1.807) is 0 Å². The van der Waals surface area contributed by atoms with Gasteiger partial charge in [0.1, 0.15) is 0 Å². The van der Waals surface area contributed by atoms with E-state index in [0.29, 0.717) is 0 Å². The van der Waals surface area contributed by atoms with E-state index in [1.807, 2.05) is 0 Å². The number of nitrogens with two attached hydrogens (primary N) is 1. The minimum Gasteiger partial charge on any atom is -0.355 e. The fourth-order valence-corrected chi connectivity index (χ4v) is 2.25. The van der Waals surface area contributed by atoms with E-state index in [0.717, 1.165) is 37.8 Å². The van der Waals surface area contributed by atoms with Crippen LogP contribution in [0.15, 0.2) is 4.99 Å². The van der Waals surface area contributed by atoms with E-state index in [2.05, 4.69) is 34.6 Å². The van der Waals surface area contributed by atoms with Crippen LogP contribution in [0.4, 0.5) is 0 Å². The van der Waals surface area contributed by atoms with Crippen LogP contribution < -0.4 is 16.6 Å². The van der Waals surface area contributed by atoms with Gasteiger partial charge < -0.3 is 10.2 Å². The van der Waals surface area contributed by atoms with Crippen LogP contribution in [0.3, 0.4) is 0 Å². The van der Waals surface area contributed by atoms with Crippen LogP contribution in [0, 0.1) is 5.92 Å². The molecule has 4 N–H and O–H groups in total. The Morgan fingerprint density at radius 3 is 2.72 bits per heavy atom. The predicted octanol–water partition coefficient (Wildman–Crippen LogP) is 0.927. The van der Waals surface area contributed by atoms with Gasteiger partial charge in [-0.2, -0.15) is 0 Å². The Morgan fingerprint density at radius 2 is 2.11 bits per heavy atom. The van der Waals surface area contributed by atoms with Crippen LogP contribution in [0.25, 0.3) is 0 Å². The number of rotatable bonds is 6. The average molecular weight is 255 g/mol. The number of hydrazine groups is 1. The Morgan fingerprint density at radius 1 is 1.39 bits per heavy atom. The monoisotopic (exact) mass is 255 g/mol. The summed E-state index contributed by atoms with van der Waals surface area (Å²) in [5.74, 6) is 7.03. The molecule has 0 spiro atoms. The quantitative estimate of drug-likeness (QED) is 0.217. The second-order valence-electron chi connectivity index (χ2n) is 5.19. The molecule has 0 radical (unpaired) electrons. The van der Waals surface area contributed by atoms with Crippen LogP contribution in [-0.4, -0.2) is 44.1 Å². The van der Waals surface area contributed by atoms with E-state index < -0.39 is 0 Å². The molecule has 0 atom stereocenters. The molecule has 0 aromatic carbocycles. The summed E-state index contributed by atoms with van der Waals surface area (Å²) in [6.07, 6.45) is 6.12. The Bertz CT molecular complexity index is 234. The molecule has 0 bridgehead atoms. The molecule has 106 valence electrons. The number of hydrogen-bond acceptors (Lipinski definition) is 3. The van der Waals surface area contributed by atoms with Crippen molar-refractivity contribution in [1.82, 2.24) is 15.6 Å². The van der Waals surface area contributed by atoms with Gasteiger partial charge >= 0.3 is 0 Å². The first-order valence-electron chi connectivity index (χ1n) is 7.19. The van der Waals surface area contributed by atoms with Gasteiger partial charge in [0.15, 0.2) is 0 Å². The number of guanidine groups is 1. The summed E-state index contributed by atoms with van der Waals surface area (Å²) in [4.78, 5) is 6.79. The van der Waals surface area contributed by atoms with Crippen molar-refractivity contribution in [3.63, 3.8) is 0 Å². The summed E-state index contributed by atoms with van der Waals surface area (Å²) >= 11 is 0. The van der Waals surface area contributed by atoms with E-state index in [9.17, 15) is 0 Å². The number of aliphatic imine (C=N–C) groups is 1. The zero-order valence-electron chi connectivity index (χ0n) is 11.9. The van der Waals surface area contributed by atoms with Gasteiger partial charge in [-0.25, -0.2) is 5.84 Å². The lowest BCUT2D eigenvalue weighted by Crippen LogP contribution is -2.42. The molecule has 1 aliphatic heterocycles. The van der Waals surface area contributed by atoms with E-state index in [-0.39, 0.29) is 0 Å². The number of hydrogen-bond donors (Lipinski definition) is 3. The first kappa shape index (κ1) is 15.2. The van der Waals surface area contributed by atoms with Gasteiger partial charge in [-0.05, 0) is 51.7 Å². The van der Waals surface area contributed by atoms with Crippen LogP contribution in [-0.2, 0) is 0 Å². The third kappa shape index (κ3) is 6.21. The lowest BCUT2D eigenvalue weighted by molar-refractivity contribution is 0.213. The number of nitrogens with zero attached hydrogens (tertiary/aromatic N) is 2. The van der Waals surface area contributed by atoms with Gasteiger partial charge in [-0.15, -0.1) is 0 Å². The van der Waals surface area contributed by atoms with Crippen molar-refractivity contribution >= 4 is 5.96 Å². The molecule has 1 heterocycles. The molecule has 0 unspecified atom stereocenters. The second kappa shape index (κ2) is 9.16.